The van der Waals surface area contributed by atoms with Crippen LogP contribution < -0.4 is 5.73 Å². The minimum atomic E-state index is -4.45. The van der Waals surface area contributed by atoms with Crippen molar-refractivity contribution in [2.75, 3.05) is 37.8 Å². The van der Waals surface area contributed by atoms with Crippen LogP contribution in [-0.2, 0) is 75.8 Å². The zero-order valence-corrected chi connectivity index (χ0v) is 33.6. The molecule has 0 aliphatic carbocycles. The van der Waals surface area contributed by atoms with E-state index in [1.807, 2.05) is 0 Å². The van der Waals surface area contributed by atoms with Crippen molar-refractivity contribution in [2.45, 2.75) is 66.6 Å². The van der Waals surface area contributed by atoms with Crippen LogP contribution in [0.25, 0.3) is 0 Å². The molecule has 2 N–H and O–H groups in total. The van der Waals surface area contributed by atoms with Gasteiger partial charge in [-0.2, -0.15) is 0 Å². The summed E-state index contributed by atoms with van der Waals surface area (Å²) in [5, 5.41) is 0. The number of Topliss-reactive ketones (excluding diaryl/α,β-unsaturated/α-hetero) is 2. The first-order valence-corrected chi connectivity index (χ1v) is 22.8. The van der Waals surface area contributed by atoms with Crippen LogP contribution >= 0.6 is 0 Å². The summed E-state index contributed by atoms with van der Waals surface area (Å²) in [5.41, 5.74) is 4.56. The number of fused-ring (bicyclic) bond motifs is 2. The van der Waals surface area contributed by atoms with Gasteiger partial charge in [-0.25, -0.2) is 16.8 Å². The molecule has 3 aromatic rings. The number of sulfone groups is 2. The van der Waals surface area contributed by atoms with Gasteiger partial charge in [-0.15, -0.1) is 0 Å². The number of ketones is 2. The maximum Gasteiger partial charge on any atom is 0.254 e. The third kappa shape index (κ3) is 8.44. The Hall–Kier alpha value is -5.30. The molecule has 18 heteroatoms. The molecule has 0 saturated carbocycles. The number of likely N-dealkylation sites (tertiary alicyclic amines) is 2. The van der Waals surface area contributed by atoms with E-state index in [-0.39, 0.29) is 32.5 Å². The fourth-order valence-corrected chi connectivity index (χ4v) is 12.0. The molecule has 4 heterocycles. The van der Waals surface area contributed by atoms with E-state index >= 15 is 14.4 Å². The molecular formula is C41H44N4O12S2. The number of amides is 4. The number of carbonyl (C=O) groups excluding carboxylic acids is 6. The molecule has 0 spiro atoms. The van der Waals surface area contributed by atoms with Gasteiger partial charge in [0.2, 0.25) is 23.3 Å². The van der Waals surface area contributed by atoms with Crippen molar-refractivity contribution >= 4 is 54.9 Å². The molecule has 4 fully saturated rings. The van der Waals surface area contributed by atoms with E-state index in [2.05, 4.69) is 0 Å². The molecule has 4 amide bonds. The van der Waals surface area contributed by atoms with E-state index in [4.69, 9.17) is 15.2 Å². The fourth-order valence-electron chi connectivity index (χ4n) is 8.77. The summed E-state index contributed by atoms with van der Waals surface area (Å²) >= 11 is 0. The predicted octanol–water partition coefficient (Wildman–Crippen LogP) is 0.0180. The molecule has 0 aromatic heterocycles. The van der Waals surface area contributed by atoms with Crippen LogP contribution in [-0.4, -0.2) is 140 Å². The molecule has 3 aromatic carbocycles. The van der Waals surface area contributed by atoms with Gasteiger partial charge in [0.25, 0.3) is 5.91 Å². The van der Waals surface area contributed by atoms with Crippen LogP contribution in [0.2, 0.25) is 0 Å². The molecule has 4 aliphatic heterocycles. The number of ether oxygens (including phenoxy) is 2. The van der Waals surface area contributed by atoms with Crippen LogP contribution in [0.1, 0.15) is 29.5 Å². The third-order valence-electron chi connectivity index (χ3n) is 11.4. The normalized spacial score (nSPS) is 23.8. The van der Waals surface area contributed by atoms with Crippen molar-refractivity contribution in [3.63, 3.8) is 0 Å². The summed E-state index contributed by atoms with van der Waals surface area (Å²) in [6, 6.07) is 18.8. The van der Waals surface area contributed by atoms with Gasteiger partial charge in [0.05, 0.1) is 41.6 Å². The Morgan fingerprint density at radius 3 is 1.78 bits per heavy atom. The highest BCUT2D eigenvalue weighted by Crippen LogP contribution is 2.39. The van der Waals surface area contributed by atoms with Gasteiger partial charge in [-0.3, -0.25) is 28.8 Å². The maximum absolute atomic E-state index is 15.3. The second kappa shape index (κ2) is 16.8. The van der Waals surface area contributed by atoms with Crippen LogP contribution in [0.5, 0.6) is 0 Å². The van der Waals surface area contributed by atoms with E-state index in [0.29, 0.717) is 21.6 Å². The summed E-state index contributed by atoms with van der Waals surface area (Å²) in [6.07, 6.45) is -2.23. The van der Waals surface area contributed by atoms with Crippen LogP contribution in [0.15, 0.2) is 91.0 Å². The average molecular weight is 849 g/mol. The highest BCUT2D eigenvalue weighted by Gasteiger charge is 2.66. The third-order valence-corrected chi connectivity index (χ3v) is 14.6. The van der Waals surface area contributed by atoms with Crippen molar-refractivity contribution in [3.05, 3.63) is 108 Å². The summed E-state index contributed by atoms with van der Waals surface area (Å²) in [5.74, 6) is -9.23. The Morgan fingerprint density at radius 1 is 0.712 bits per heavy atom. The molecule has 4 aliphatic rings. The summed E-state index contributed by atoms with van der Waals surface area (Å²) < 4.78 is 68.4. The first kappa shape index (κ1) is 41.8. The monoisotopic (exact) mass is 848 g/mol. The van der Waals surface area contributed by atoms with Gasteiger partial charge < -0.3 is 29.9 Å². The van der Waals surface area contributed by atoms with Crippen LogP contribution in [0.3, 0.4) is 0 Å². The predicted molar refractivity (Wildman–Crippen MR) is 210 cm³/mol. The van der Waals surface area contributed by atoms with Crippen molar-refractivity contribution in [2.24, 2.45) is 5.73 Å². The van der Waals surface area contributed by atoms with Gasteiger partial charge in [0.1, 0.15) is 31.3 Å². The Balaban J connectivity index is 1.40. The lowest BCUT2D eigenvalue weighted by atomic mass is 9.89. The topological polar surface area (TPSA) is 225 Å². The number of benzene rings is 3. The average Bonchev–Trinajstić information content (AvgIpc) is 3.97. The first-order valence-electron chi connectivity index (χ1n) is 19.2. The molecule has 0 radical (unpaired) electrons. The lowest BCUT2D eigenvalue weighted by Gasteiger charge is -2.42. The molecule has 312 valence electrons. The lowest BCUT2D eigenvalue weighted by molar-refractivity contribution is -0.158. The molecule has 6 unspecified atom stereocenters. The van der Waals surface area contributed by atoms with E-state index < -0.39 is 127 Å². The summed E-state index contributed by atoms with van der Waals surface area (Å²) in [7, 11) is -8.85. The Kier molecular flexibility index (Phi) is 11.9. The van der Waals surface area contributed by atoms with Gasteiger partial charge in [-0.1, -0.05) is 91.0 Å². The molecular weight excluding hydrogens is 805 g/mol. The standard InChI is InChI=1S/C41H44N4O12S2/c42-40(51)41-34(47)22-57-35(41)17-19-44(41)39(50)31(26-59(54,55)24-29-14-8-3-9-15-29)45(36(48)20-27-10-4-1-5-11-27)30(25-58(52,53)23-28-12-6-2-7-13-28)38(49)43-18-16-33-37(43)32(46)21-56-33/h1-15,30-31,33,35,37H,16-26H2,(H2,42,51). The first-order chi connectivity index (χ1) is 28.1. The second-order valence-electron chi connectivity index (χ2n) is 15.3. The summed E-state index contributed by atoms with van der Waals surface area (Å²) in [6.45, 7) is -1.25. The maximum atomic E-state index is 15.3. The van der Waals surface area contributed by atoms with E-state index in [1.54, 1.807) is 91.0 Å². The second-order valence-corrected chi connectivity index (χ2v) is 19.5. The molecule has 7 rings (SSSR count). The zero-order chi connectivity index (χ0) is 42.1. The highest BCUT2D eigenvalue weighted by atomic mass is 32.2. The van der Waals surface area contributed by atoms with E-state index in [1.165, 1.54) is 0 Å². The lowest BCUT2D eigenvalue weighted by Crippen LogP contribution is -2.69. The largest absolute Gasteiger partial charge is 0.368 e. The number of primary amides is 1. The van der Waals surface area contributed by atoms with Crippen LogP contribution in [0.4, 0.5) is 0 Å². The van der Waals surface area contributed by atoms with Crippen molar-refractivity contribution in [1.29, 1.82) is 0 Å². The van der Waals surface area contributed by atoms with Crippen molar-refractivity contribution < 1.29 is 55.1 Å². The minimum Gasteiger partial charge on any atom is -0.368 e. The van der Waals surface area contributed by atoms with Gasteiger partial charge in [0.15, 0.2) is 31.2 Å². The smallest absolute Gasteiger partial charge is 0.254 e. The Labute approximate surface area is 341 Å². The zero-order valence-electron chi connectivity index (χ0n) is 32.0. The Morgan fingerprint density at radius 2 is 1.24 bits per heavy atom. The fraction of sp³-hybridized carbons (Fsp3) is 0.415. The quantitative estimate of drug-likeness (QED) is 0.200. The number of carbonyl (C=O) groups is 6. The number of rotatable bonds is 15. The van der Waals surface area contributed by atoms with Gasteiger partial charge >= 0.3 is 0 Å². The molecule has 6 atom stereocenters. The number of hydrogen-bond donors (Lipinski definition) is 1. The van der Waals surface area contributed by atoms with E-state index in [0.717, 1.165) is 9.80 Å². The molecule has 16 nitrogen and oxygen atoms in total. The molecule has 59 heavy (non-hydrogen) atoms. The summed E-state index contributed by atoms with van der Waals surface area (Å²) in [4.78, 5) is 88.1. The highest BCUT2D eigenvalue weighted by molar-refractivity contribution is 7.91. The number of nitrogens with zero attached hydrogens (tertiary/aromatic N) is 3. The Bertz CT molecular complexity index is 2350. The molecule has 4 saturated heterocycles. The number of hydrogen-bond acceptors (Lipinski definition) is 12. The van der Waals surface area contributed by atoms with Crippen LogP contribution in [0, 0.1) is 0 Å². The number of nitrogens with two attached hydrogens (primary N) is 1. The van der Waals surface area contributed by atoms with Gasteiger partial charge in [-0.05, 0) is 29.5 Å². The van der Waals surface area contributed by atoms with Crippen molar-refractivity contribution in [1.82, 2.24) is 14.7 Å². The van der Waals surface area contributed by atoms with Gasteiger partial charge in [0, 0.05) is 13.1 Å². The SMILES string of the molecule is NC(=O)C12C(=O)COC1CCN2C(=O)C(CS(=O)(=O)Cc1ccccc1)N(C(=O)Cc1ccccc1)C(CS(=O)(=O)Cc1ccccc1)C(=O)N1CCC2OCC(=O)C21. The molecule has 0 bridgehead atoms. The van der Waals surface area contributed by atoms with E-state index in [9.17, 15) is 31.2 Å². The van der Waals surface area contributed by atoms with Crippen molar-refractivity contribution in [3.8, 4) is 0 Å². The minimum absolute atomic E-state index is 0.0470.